The first-order chi connectivity index (χ1) is 14.2. The molecule has 1 aliphatic rings. The summed E-state index contributed by atoms with van der Waals surface area (Å²) in [7, 11) is 0. The molecule has 7 nitrogen and oxygen atoms in total. The van der Waals surface area contributed by atoms with Gasteiger partial charge in [0, 0.05) is 37.4 Å². The van der Waals surface area contributed by atoms with Crippen LogP contribution in [0.15, 0.2) is 36.5 Å². The van der Waals surface area contributed by atoms with E-state index in [1.165, 1.54) is 0 Å². The van der Waals surface area contributed by atoms with Gasteiger partial charge in [-0.15, -0.1) is 0 Å². The summed E-state index contributed by atoms with van der Waals surface area (Å²) in [4.78, 5) is 20.8. The van der Waals surface area contributed by atoms with E-state index in [1.54, 1.807) is 4.90 Å². The lowest BCUT2D eigenvalue weighted by atomic mass is 10.0. The minimum atomic E-state index is -0.463. The Morgan fingerprint density at radius 3 is 2.33 bits per heavy atom. The number of aromatic nitrogens is 3. The molecule has 0 radical (unpaired) electrons. The van der Waals surface area contributed by atoms with E-state index >= 15 is 0 Å². The molecule has 0 atom stereocenters. The molecule has 1 aliphatic heterocycles. The number of fused-ring (bicyclic) bond motifs is 1. The molecule has 7 heteroatoms. The van der Waals surface area contributed by atoms with Gasteiger partial charge >= 0.3 is 6.09 Å². The second kappa shape index (κ2) is 7.63. The van der Waals surface area contributed by atoms with E-state index in [0.29, 0.717) is 13.1 Å². The van der Waals surface area contributed by atoms with Gasteiger partial charge in [0.05, 0.1) is 17.6 Å². The summed E-state index contributed by atoms with van der Waals surface area (Å²) >= 11 is 0. The molecule has 0 saturated carbocycles. The summed E-state index contributed by atoms with van der Waals surface area (Å²) in [6.45, 7) is 12.6. The summed E-state index contributed by atoms with van der Waals surface area (Å²) in [6, 6.07) is 10.6. The smallest absolute Gasteiger partial charge is 0.410 e. The maximum absolute atomic E-state index is 12.3. The van der Waals surface area contributed by atoms with Gasteiger partial charge < -0.3 is 14.5 Å². The zero-order valence-electron chi connectivity index (χ0n) is 18.3. The molecule has 0 N–H and O–H groups in total. The number of amides is 1. The average Bonchev–Trinajstić information content (AvgIpc) is 3.06. The molecule has 0 spiro atoms. The molecule has 1 saturated heterocycles. The lowest BCUT2D eigenvalue weighted by Gasteiger charge is -2.36. The van der Waals surface area contributed by atoms with Crippen LogP contribution in [-0.4, -0.2) is 57.4 Å². The number of carbonyl (C=O) groups is 1. The second-order valence-electron chi connectivity index (χ2n) is 8.81. The maximum Gasteiger partial charge on any atom is 0.410 e. The van der Waals surface area contributed by atoms with Crippen LogP contribution in [-0.2, 0) is 4.74 Å². The SMILES string of the molecule is Cc1nn2c(C)cnc2cc1-c1ccc(N2CCN(C(=O)OC(C)(C)C)CC2)cc1. The molecular weight excluding hydrogens is 378 g/mol. The molecule has 4 rings (SSSR count). The minimum Gasteiger partial charge on any atom is -0.444 e. The van der Waals surface area contributed by atoms with Gasteiger partial charge in [0.15, 0.2) is 5.65 Å². The van der Waals surface area contributed by atoms with Crippen molar-refractivity contribution in [2.75, 3.05) is 31.1 Å². The molecule has 2 aromatic heterocycles. The number of rotatable bonds is 2. The standard InChI is InChI=1S/C23H29N5O2/c1-16-15-24-21-14-20(17(2)25-28(16)21)18-6-8-19(9-7-18)26-10-12-27(13-11-26)22(29)30-23(3,4)5/h6-9,14-15H,10-13H2,1-5H3. The number of anilines is 1. The summed E-state index contributed by atoms with van der Waals surface area (Å²) in [5.74, 6) is 0. The predicted octanol–water partition coefficient (Wildman–Crippen LogP) is 4.07. The van der Waals surface area contributed by atoms with Gasteiger partial charge in [-0.2, -0.15) is 5.10 Å². The van der Waals surface area contributed by atoms with Crippen molar-refractivity contribution >= 4 is 17.4 Å². The van der Waals surface area contributed by atoms with Gasteiger partial charge in [-0.25, -0.2) is 14.3 Å². The van der Waals surface area contributed by atoms with E-state index in [-0.39, 0.29) is 6.09 Å². The van der Waals surface area contributed by atoms with Crippen molar-refractivity contribution in [3.05, 3.63) is 47.9 Å². The van der Waals surface area contributed by atoms with E-state index in [1.807, 2.05) is 45.3 Å². The fourth-order valence-electron chi connectivity index (χ4n) is 3.73. The third kappa shape index (κ3) is 4.10. The highest BCUT2D eigenvalue weighted by Gasteiger charge is 2.26. The van der Waals surface area contributed by atoms with Crippen LogP contribution in [0.2, 0.25) is 0 Å². The van der Waals surface area contributed by atoms with Crippen LogP contribution < -0.4 is 4.90 Å². The number of piperazine rings is 1. The van der Waals surface area contributed by atoms with Crippen LogP contribution in [0, 0.1) is 13.8 Å². The van der Waals surface area contributed by atoms with Crippen LogP contribution in [0.5, 0.6) is 0 Å². The van der Waals surface area contributed by atoms with Crippen molar-refractivity contribution < 1.29 is 9.53 Å². The number of imidazole rings is 1. The minimum absolute atomic E-state index is 0.231. The summed E-state index contributed by atoms with van der Waals surface area (Å²) in [5.41, 5.74) is 5.77. The maximum atomic E-state index is 12.3. The molecule has 0 aliphatic carbocycles. The highest BCUT2D eigenvalue weighted by atomic mass is 16.6. The van der Waals surface area contributed by atoms with Crippen molar-refractivity contribution in [2.24, 2.45) is 0 Å². The van der Waals surface area contributed by atoms with Crippen LogP contribution in [0.1, 0.15) is 32.2 Å². The first-order valence-corrected chi connectivity index (χ1v) is 10.4. The van der Waals surface area contributed by atoms with E-state index in [4.69, 9.17) is 4.74 Å². The van der Waals surface area contributed by atoms with Crippen molar-refractivity contribution in [1.82, 2.24) is 19.5 Å². The number of hydrogen-bond donors (Lipinski definition) is 0. The molecule has 1 fully saturated rings. The Kier molecular flexibility index (Phi) is 5.13. The van der Waals surface area contributed by atoms with Crippen LogP contribution in [0.25, 0.3) is 16.8 Å². The average molecular weight is 408 g/mol. The van der Waals surface area contributed by atoms with E-state index in [9.17, 15) is 4.79 Å². The normalized spacial score (nSPS) is 15.0. The summed E-state index contributed by atoms with van der Waals surface area (Å²) in [5, 5.41) is 4.67. The van der Waals surface area contributed by atoms with Crippen molar-refractivity contribution in [2.45, 2.75) is 40.2 Å². The lowest BCUT2D eigenvalue weighted by molar-refractivity contribution is 0.0240. The van der Waals surface area contributed by atoms with Gasteiger partial charge in [0.2, 0.25) is 0 Å². The molecule has 3 heterocycles. The summed E-state index contributed by atoms with van der Waals surface area (Å²) in [6.07, 6.45) is 1.61. The highest BCUT2D eigenvalue weighted by Crippen LogP contribution is 2.27. The number of ether oxygens (including phenoxy) is 1. The summed E-state index contributed by atoms with van der Waals surface area (Å²) < 4.78 is 7.35. The van der Waals surface area contributed by atoms with Crippen molar-refractivity contribution in [1.29, 1.82) is 0 Å². The molecule has 158 valence electrons. The largest absolute Gasteiger partial charge is 0.444 e. The second-order valence-corrected chi connectivity index (χ2v) is 8.81. The molecule has 1 aromatic carbocycles. The Bertz CT molecular complexity index is 1060. The molecular formula is C23H29N5O2. The van der Waals surface area contributed by atoms with Crippen LogP contribution >= 0.6 is 0 Å². The van der Waals surface area contributed by atoms with Gasteiger partial charge in [-0.3, -0.25) is 0 Å². The Morgan fingerprint density at radius 1 is 1.03 bits per heavy atom. The zero-order valence-corrected chi connectivity index (χ0v) is 18.3. The topological polar surface area (TPSA) is 63.0 Å². The van der Waals surface area contributed by atoms with Gasteiger partial charge in [0.1, 0.15) is 5.60 Å². The van der Waals surface area contributed by atoms with E-state index < -0.39 is 5.60 Å². The van der Waals surface area contributed by atoms with Gasteiger partial charge in [-0.05, 0) is 58.4 Å². The monoisotopic (exact) mass is 407 g/mol. The number of nitrogens with zero attached hydrogens (tertiary/aromatic N) is 5. The lowest BCUT2D eigenvalue weighted by Crippen LogP contribution is -2.50. The number of hydrogen-bond acceptors (Lipinski definition) is 5. The fraction of sp³-hybridized carbons (Fsp3) is 0.435. The fourth-order valence-corrected chi connectivity index (χ4v) is 3.73. The number of aryl methyl sites for hydroxylation is 2. The quantitative estimate of drug-likeness (QED) is 0.641. The number of carbonyl (C=O) groups excluding carboxylic acids is 1. The Hall–Kier alpha value is -3.09. The van der Waals surface area contributed by atoms with E-state index in [2.05, 4.69) is 45.3 Å². The highest BCUT2D eigenvalue weighted by molar-refractivity contribution is 5.72. The molecule has 3 aromatic rings. The Labute approximate surface area is 177 Å². The molecule has 30 heavy (non-hydrogen) atoms. The van der Waals surface area contributed by atoms with Crippen LogP contribution in [0.3, 0.4) is 0 Å². The van der Waals surface area contributed by atoms with Gasteiger partial charge in [-0.1, -0.05) is 12.1 Å². The molecule has 0 unspecified atom stereocenters. The first-order valence-electron chi connectivity index (χ1n) is 10.4. The predicted molar refractivity (Wildman–Crippen MR) is 118 cm³/mol. The van der Waals surface area contributed by atoms with E-state index in [0.717, 1.165) is 46.9 Å². The molecule has 0 bridgehead atoms. The molecule has 1 amide bonds. The number of benzene rings is 1. The Balaban J connectivity index is 1.45. The van der Waals surface area contributed by atoms with Crippen molar-refractivity contribution in [3.8, 4) is 11.1 Å². The van der Waals surface area contributed by atoms with Gasteiger partial charge in [0.25, 0.3) is 0 Å². The van der Waals surface area contributed by atoms with Crippen molar-refractivity contribution in [3.63, 3.8) is 0 Å². The zero-order chi connectivity index (χ0) is 21.5. The third-order valence-corrected chi connectivity index (χ3v) is 5.32. The Morgan fingerprint density at radius 2 is 1.70 bits per heavy atom. The first kappa shape index (κ1) is 20.2. The van der Waals surface area contributed by atoms with Crippen LogP contribution in [0.4, 0.5) is 10.5 Å². The third-order valence-electron chi connectivity index (χ3n) is 5.32.